The summed E-state index contributed by atoms with van der Waals surface area (Å²) in [4.78, 5) is 13.9. The summed E-state index contributed by atoms with van der Waals surface area (Å²) in [7, 11) is 0. The highest BCUT2D eigenvalue weighted by Crippen LogP contribution is 2.30. The van der Waals surface area contributed by atoms with Gasteiger partial charge in [0.15, 0.2) is 0 Å². The second-order valence-electron chi connectivity index (χ2n) is 5.39. The Kier molecular flexibility index (Phi) is 4.81. The van der Waals surface area contributed by atoms with E-state index < -0.39 is 11.7 Å². The molecule has 0 aromatic heterocycles. The third-order valence-electron chi connectivity index (χ3n) is 3.91. The molecule has 0 aliphatic carbocycles. The Hall–Kier alpha value is -1.23. The minimum absolute atomic E-state index is 0.0517. The number of piperidine rings is 1. The lowest BCUT2D eigenvalue weighted by Crippen LogP contribution is -2.40. The minimum atomic E-state index is -4.43. The van der Waals surface area contributed by atoms with Crippen molar-refractivity contribution in [1.82, 2.24) is 4.90 Å². The standard InChI is InChI=1S/C15H17ClF3NO/c1-10(16)11-5-7-20(8-6-11)14(21)12-3-2-4-13(9-12)15(17,18)19/h2-4,9-11H,5-8H2,1H3. The fourth-order valence-electron chi connectivity index (χ4n) is 2.57. The largest absolute Gasteiger partial charge is 0.416 e. The zero-order chi connectivity index (χ0) is 15.6. The van der Waals surface area contributed by atoms with Gasteiger partial charge < -0.3 is 4.90 Å². The quantitative estimate of drug-likeness (QED) is 0.749. The van der Waals surface area contributed by atoms with Crippen molar-refractivity contribution < 1.29 is 18.0 Å². The van der Waals surface area contributed by atoms with Crippen molar-refractivity contribution in [3.63, 3.8) is 0 Å². The van der Waals surface area contributed by atoms with Gasteiger partial charge in [-0.25, -0.2) is 0 Å². The average Bonchev–Trinajstić information content (AvgIpc) is 2.46. The first-order valence-electron chi connectivity index (χ1n) is 6.89. The molecule has 21 heavy (non-hydrogen) atoms. The molecular formula is C15H17ClF3NO. The van der Waals surface area contributed by atoms with E-state index in [1.807, 2.05) is 6.92 Å². The van der Waals surface area contributed by atoms with E-state index >= 15 is 0 Å². The number of halogens is 4. The van der Waals surface area contributed by atoms with Gasteiger partial charge in [-0.1, -0.05) is 6.07 Å². The number of hydrogen-bond acceptors (Lipinski definition) is 1. The van der Waals surface area contributed by atoms with Crippen LogP contribution in [0.5, 0.6) is 0 Å². The van der Waals surface area contributed by atoms with Crippen LogP contribution in [-0.2, 0) is 6.18 Å². The minimum Gasteiger partial charge on any atom is -0.339 e. The van der Waals surface area contributed by atoms with Gasteiger partial charge in [-0.2, -0.15) is 13.2 Å². The SMILES string of the molecule is CC(Cl)C1CCN(C(=O)c2cccc(C(F)(F)F)c2)CC1. The highest BCUT2D eigenvalue weighted by Gasteiger charge is 2.32. The predicted molar refractivity (Wildman–Crippen MR) is 75.4 cm³/mol. The second-order valence-corrected chi connectivity index (χ2v) is 6.07. The van der Waals surface area contributed by atoms with E-state index in [9.17, 15) is 18.0 Å². The van der Waals surface area contributed by atoms with E-state index in [0.29, 0.717) is 19.0 Å². The number of carbonyl (C=O) groups excluding carboxylic acids is 1. The van der Waals surface area contributed by atoms with Crippen molar-refractivity contribution in [2.24, 2.45) is 5.92 Å². The van der Waals surface area contributed by atoms with Gasteiger partial charge in [0.25, 0.3) is 5.91 Å². The van der Waals surface area contributed by atoms with Crippen molar-refractivity contribution in [3.8, 4) is 0 Å². The van der Waals surface area contributed by atoms with Crippen LogP contribution in [0.25, 0.3) is 0 Å². The predicted octanol–water partition coefficient (Wildman–Crippen LogP) is 4.18. The molecule has 0 spiro atoms. The van der Waals surface area contributed by atoms with Crippen molar-refractivity contribution in [1.29, 1.82) is 0 Å². The molecule has 1 aromatic carbocycles. The Morgan fingerprint density at radius 2 is 1.95 bits per heavy atom. The van der Waals surface area contributed by atoms with E-state index in [2.05, 4.69) is 0 Å². The average molecular weight is 320 g/mol. The number of rotatable bonds is 2. The van der Waals surface area contributed by atoms with Crippen molar-refractivity contribution in [2.45, 2.75) is 31.3 Å². The number of hydrogen-bond donors (Lipinski definition) is 0. The molecule has 1 heterocycles. The summed E-state index contributed by atoms with van der Waals surface area (Å²) in [5.74, 6) is 0.0130. The second kappa shape index (κ2) is 6.26. The molecule has 1 saturated heterocycles. The summed E-state index contributed by atoms with van der Waals surface area (Å²) in [6, 6.07) is 4.58. The van der Waals surface area contributed by atoms with Crippen LogP contribution in [0.4, 0.5) is 13.2 Å². The molecule has 1 amide bonds. The van der Waals surface area contributed by atoms with Crippen LogP contribution in [0, 0.1) is 5.92 Å². The molecule has 1 aromatic rings. The Bertz CT molecular complexity index is 508. The molecule has 0 N–H and O–H groups in total. The van der Waals surface area contributed by atoms with Crippen LogP contribution in [0.1, 0.15) is 35.7 Å². The number of nitrogens with zero attached hydrogens (tertiary/aromatic N) is 1. The van der Waals surface area contributed by atoms with Crippen LogP contribution in [-0.4, -0.2) is 29.3 Å². The molecule has 116 valence electrons. The van der Waals surface area contributed by atoms with Crippen LogP contribution in [0.3, 0.4) is 0 Å². The fourth-order valence-corrected chi connectivity index (χ4v) is 2.82. The topological polar surface area (TPSA) is 20.3 Å². The van der Waals surface area contributed by atoms with Crippen molar-refractivity contribution >= 4 is 17.5 Å². The summed E-state index contributed by atoms with van der Waals surface area (Å²) in [6.07, 6.45) is -2.86. The van der Waals surface area contributed by atoms with Crippen LogP contribution < -0.4 is 0 Å². The Morgan fingerprint density at radius 1 is 1.33 bits per heavy atom. The normalized spacial score (nSPS) is 18.6. The smallest absolute Gasteiger partial charge is 0.339 e. The first kappa shape index (κ1) is 16.1. The van der Waals surface area contributed by atoms with Crippen LogP contribution in [0.15, 0.2) is 24.3 Å². The molecule has 0 bridgehead atoms. The molecule has 1 aliphatic heterocycles. The highest BCUT2D eigenvalue weighted by atomic mass is 35.5. The number of amides is 1. The lowest BCUT2D eigenvalue weighted by Gasteiger charge is -2.33. The van der Waals surface area contributed by atoms with Gasteiger partial charge in [0.2, 0.25) is 0 Å². The van der Waals surface area contributed by atoms with Gasteiger partial charge >= 0.3 is 6.18 Å². The zero-order valence-corrected chi connectivity index (χ0v) is 12.4. The highest BCUT2D eigenvalue weighted by molar-refractivity contribution is 6.20. The lowest BCUT2D eigenvalue weighted by atomic mass is 9.93. The summed E-state index contributed by atoms with van der Waals surface area (Å²) < 4.78 is 38.0. The third-order valence-corrected chi connectivity index (χ3v) is 4.27. The molecule has 1 unspecified atom stereocenters. The molecule has 2 rings (SSSR count). The zero-order valence-electron chi connectivity index (χ0n) is 11.7. The molecule has 6 heteroatoms. The summed E-state index contributed by atoms with van der Waals surface area (Å²) in [5.41, 5.74) is -0.709. The van der Waals surface area contributed by atoms with Crippen LogP contribution >= 0.6 is 11.6 Å². The molecule has 1 fully saturated rings. The number of benzene rings is 1. The Morgan fingerprint density at radius 3 is 2.48 bits per heavy atom. The molecular weight excluding hydrogens is 303 g/mol. The molecule has 1 atom stereocenters. The number of likely N-dealkylation sites (tertiary alicyclic amines) is 1. The first-order chi connectivity index (χ1) is 9.79. The van der Waals surface area contributed by atoms with Gasteiger partial charge in [-0.05, 0) is 43.9 Å². The molecule has 2 nitrogen and oxygen atoms in total. The monoisotopic (exact) mass is 319 g/mol. The third kappa shape index (κ3) is 3.90. The fraction of sp³-hybridized carbons (Fsp3) is 0.533. The van der Waals surface area contributed by atoms with Crippen molar-refractivity contribution in [3.05, 3.63) is 35.4 Å². The van der Waals surface area contributed by atoms with E-state index in [0.717, 1.165) is 25.0 Å². The molecule has 0 saturated carbocycles. The first-order valence-corrected chi connectivity index (χ1v) is 7.33. The van der Waals surface area contributed by atoms with E-state index in [-0.39, 0.29) is 16.8 Å². The van der Waals surface area contributed by atoms with Gasteiger partial charge in [-0.3, -0.25) is 4.79 Å². The Labute approximate surface area is 126 Å². The van der Waals surface area contributed by atoms with E-state index in [4.69, 9.17) is 11.6 Å². The van der Waals surface area contributed by atoms with E-state index in [1.54, 1.807) is 4.90 Å². The molecule has 1 aliphatic rings. The maximum atomic E-state index is 12.7. The maximum Gasteiger partial charge on any atom is 0.416 e. The summed E-state index contributed by atoms with van der Waals surface area (Å²) in [6.45, 7) is 3.00. The molecule has 0 radical (unpaired) electrons. The van der Waals surface area contributed by atoms with Gasteiger partial charge in [0.05, 0.1) is 5.56 Å². The lowest BCUT2D eigenvalue weighted by molar-refractivity contribution is -0.137. The van der Waals surface area contributed by atoms with Gasteiger partial charge in [-0.15, -0.1) is 11.6 Å². The summed E-state index contributed by atoms with van der Waals surface area (Å²) in [5, 5.41) is 0.0517. The van der Waals surface area contributed by atoms with E-state index in [1.165, 1.54) is 12.1 Å². The van der Waals surface area contributed by atoms with Crippen molar-refractivity contribution in [2.75, 3.05) is 13.1 Å². The maximum absolute atomic E-state index is 12.7. The van der Waals surface area contributed by atoms with Gasteiger partial charge in [0, 0.05) is 24.0 Å². The van der Waals surface area contributed by atoms with Gasteiger partial charge in [0.1, 0.15) is 0 Å². The summed E-state index contributed by atoms with van der Waals surface area (Å²) >= 11 is 6.04. The number of alkyl halides is 4. The Balaban J connectivity index is 2.08. The van der Waals surface area contributed by atoms with Crippen LogP contribution in [0.2, 0.25) is 0 Å². The number of carbonyl (C=O) groups is 1.